The monoisotopic (exact) mass is 812 g/mol. The fourth-order valence-electron chi connectivity index (χ4n) is 8.24. The van der Waals surface area contributed by atoms with Gasteiger partial charge in [-0.2, -0.15) is 5.26 Å². The first-order valence-electron chi connectivity index (χ1n) is 21.4. The number of carboxylic acid groups (broad SMARTS) is 1. The van der Waals surface area contributed by atoms with Gasteiger partial charge in [-0.25, -0.2) is 4.79 Å². The van der Waals surface area contributed by atoms with Crippen LogP contribution in [0.15, 0.2) is 72.3 Å². The molecule has 3 aromatic heterocycles. The van der Waals surface area contributed by atoms with Crippen LogP contribution >= 0.6 is 22.7 Å². The van der Waals surface area contributed by atoms with E-state index in [1.807, 2.05) is 12.1 Å². The van der Waals surface area contributed by atoms with E-state index < -0.39 is 5.97 Å². The molecular weight excluding hydrogens is 757 g/mol. The predicted octanol–water partition coefficient (Wildman–Crippen LogP) is 15.0. The zero-order chi connectivity index (χ0) is 40.8. The first kappa shape index (κ1) is 41.3. The molecule has 0 saturated carbocycles. The summed E-state index contributed by atoms with van der Waals surface area (Å²) in [6, 6.07) is 26.2. The molecule has 7 rings (SSSR count). The van der Waals surface area contributed by atoms with Crippen molar-refractivity contribution in [2.24, 2.45) is 11.8 Å². The van der Waals surface area contributed by atoms with Crippen LogP contribution in [0.1, 0.15) is 104 Å². The van der Waals surface area contributed by atoms with Gasteiger partial charge in [0.1, 0.15) is 11.6 Å². The second-order valence-corrected chi connectivity index (χ2v) is 17.9. The standard InChI is InChI=1S/C50H56N2O4S2/c1-6-11-16-32(9-4)30-55-45-26-38-39(27-46(45)56-31-33(10-5)17-12-7-2)42-28-47(58-49(42)48-41(38)25-36(57-48)23-35(29-51)50(53)54)34-20-21-44-40(24-34)37-18-14-15-19-43(37)52(44)22-13-8-3/h14-15,18-21,23-28,32-33H,6-13,16-17,22,30-31H2,1-5H3,(H,53,54)/b35-23-. The molecule has 2 atom stereocenters. The van der Waals surface area contributed by atoms with Crippen LogP contribution in [0, 0.1) is 23.2 Å². The number of thiophene rings is 2. The van der Waals surface area contributed by atoms with Gasteiger partial charge >= 0.3 is 5.97 Å². The van der Waals surface area contributed by atoms with Crippen LogP contribution in [0.2, 0.25) is 0 Å². The lowest BCUT2D eigenvalue weighted by atomic mass is 9.99. The number of fused-ring (bicyclic) bond motifs is 9. The van der Waals surface area contributed by atoms with Crippen LogP contribution < -0.4 is 9.47 Å². The summed E-state index contributed by atoms with van der Waals surface area (Å²) in [5.41, 5.74) is 3.41. The smallest absolute Gasteiger partial charge is 0.346 e. The number of unbranched alkanes of at least 4 members (excludes halogenated alkanes) is 3. The van der Waals surface area contributed by atoms with E-state index in [2.05, 4.69) is 99.8 Å². The van der Waals surface area contributed by atoms with Crippen molar-refractivity contribution in [2.75, 3.05) is 13.2 Å². The summed E-state index contributed by atoms with van der Waals surface area (Å²) in [7, 11) is 0. The molecule has 8 heteroatoms. The lowest BCUT2D eigenvalue weighted by Gasteiger charge is -2.21. The Morgan fingerprint density at radius 1 is 0.724 bits per heavy atom. The number of rotatable bonds is 20. The van der Waals surface area contributed by atoms with Crippen molar-refractivity contribution in [1.29, 1.82) is 5.26 Å². The van der Waals surface area contributed by atoms with E-state index in [0.29, 0.717) is 25.0 Å². The Balaban J connectivity index is 1.43. The molecular formula is C50H56N2O4S2. The Labute approximate surface area is 350 Å². The van der Waals surface area contributed by atoms with Gasteiger partial charge < -0.3 is 19.1 Å². The predicted molar refractivity (Wildman–Crippen MR) is 247 cm³/mol. The third-order valence-corrected chi connectivity index (χ3v) is 14.2. The highest BCUT2D eigenvalue weighted by Crippen LogP contribution is 2.49. The summed E-state index contributed by atoms with van der Waals surface area (Å²) in [5, 5.41) is 26.2. The lowest BCUT2D eigenvalue weighted by molar-refractivity contribution is -0.132. The summed E-state index contributed by atoms with van der Waals surface area (Å²) < 4.78 is 18.2. The number of para-hydroxylation sites is 1. The van der Waals surface area contributed by atoms with Crippen molar-refractivity contribution in [1.82, 2.24) is 4.57 Å². The van der Waals surface area contributed by atoms with Gasteiger partial charge in [0.25, 0.3) is 0 Å². The second-order valence-electron chi connectivity index (χ2n) is 15.8. The molecule has 6 nitrogen and oxygen atoms in total. The van der Waals surface area contributed by atoms with Crippen molar-refractivity contribution < 1.29 is 19.4 Å². The highest BCUT2D eigenvalue weighted by Gasteiger charge is 2.22. The number of benzene rings is 4. The van der Waals surface area contributed by atoms with E-state index in [0.717, 1.165) is 98.8 Å². The highest BCUT2D eigenvalue weighted by atomic mass is 32.1. The van der Waals surface area contributed by atoms with Crippen LogP contribution in [0.4, 0.5) is 0 Å². The Kier molecular flexibility index (Phi) is 13.4. The molecule has 7 aromatic rings. The Morgan fingerprint density at radius 2 is 1.33 bits per heavy atom. The number of aromatic nitrogens is 1. The largest absolute Gasteiger partial charge is 0.489 e. The van der Waals surface area contributed by atoms with Gasteiger partial charge in [-0.3, -0.25) is 0 Å². The highest BCUT2D eigenvalue weighted by molar-refractivity contribution is 7.29. The van der Waals surface area contributed by atoms with Crippen molar-refractivity contribution in [3.8, 4) is 28.0 Å². The topological polar surface area (TPSA) is 84.5 Å². The average Bonchev–Trinajstić information content (AvgIpc) is 3.96. The molecule has 0 saturated heterocycles. The number of ether oxygens (including phenoxy) is 2. The molecule has 0 aliphatic rings. The first-order valence-corrected chi connectivity index (χ1v) is 23.0. The van der Waals surface area contributed by atoms with E-state index in [-0.39, 0.29) is 5.57 Å². The zero-order valence-corrected chi connectivity index (χ0v) is 36.3. The lowest BCUT2D eigenvalue weighted by Crippen LogP contribution is -2.14. The van der Waals surface area contributed by atoms with Gasteiger partial charge in [0.15, 0.2) is 11.5 Å². The molecule has 0 amide bonds. The normalized spacial score (nSPS) is 13.2. The molecule has 0 spiro atoms. The van der Waals surface area contributed by atoms with Crippen LogP contribution in [0.25, 0.3) is 69.3 Å². The van der Waals surface area contributed by atoms with Gasteiger partial charge in [0.2, 0.25) is 0 Å². The SMILES string of the molecule is CCCCC(CC)COc1cc2c(cc1OCC(CC)CCCC)c1cc(-c3ccc4c(c3)c3ccccc3n4CCCC)sc1c1sc(/C=C(/C#N)C(=O)O)cc21. The van der Waals surface area contributed by atoms with Gasteiger partial charge in [-0.05, 0) is 96.0 Å². The number of nitriles is 1. The van der Waals surface area contributed by atoms with Gasteiger partial charge in [0, 0.05) is 48.9 Å². The van der Waals surface area contributed by atoms with Crippen LogP contribution in [0.3, 0.4) is 0 Å². The maximum atomic E-state index is 11.9. The Bertz CT molecular complexity index is 2640. The Morgan fingerprint density at radius 3 is 1.93 bits per heavy atom. The number of carboxylic acids is 1. The minimum absolute atomic E-state index is 0.281. The van der Waals surface area contributed by atoms with Gasteiger partial charge in [-0.1, -0.05) is 104 Å². The average molecular weight is 813 g/mol. The molecule has 0 radical (unpaired) electrons. The number of aryl methyl sites for hydroxylation is 1. The number of hydrogen-bond donors (Lipinski definition) is 1. The third kappa shape index (κ3) is 8.49. The van der Waals surface area contributed by atoms with E-state index in [4.69, 9.17) is 9.47 Å². The number of carbonyl (C=O) groups is 1. The van der Waals surface area contributed by atoms with E-state index in [1.165, 1.54) is 68.9 Å². The molecule has 4 aromatic carbocycles. The number of hydrogen-bond acceptors (Lipinski definition) is 6. The first-order chi connectivity index (χ1) is 28.3. The number of aliphatic carboxylic acids is 1. The third-order valence-electron chi connectivity index (χ3n) is 11.8. The summed E-state index contributed by atoms with van der Waals surface area (Å²) in [6.45, 7) is 13.5. The zero-order valence-electron chi connectivity index (χ0n) is 34.7. The molecule has 0 aliphatic carbocycles. The molecule has 0 bridgehead atoms. The maximum absolute atomic E-state index is 11.9. The van der Waals surface area contributed by atoms with Crippen LogP contribution in [-0.2, 0) is 11.3 Å². The van der Waals surface area contributed by atoms with Gasteiger partial charge in [0.05, 0.1) is 22.6 Å². The second kappa shape index (κ2) is 18.8. The molecule has 1 N–H and O–H groups in total. The summed E-state index contributed by atoms with van der Waals surface area (Å²) in [4.78, 5) is 13.8. The molecule has 0 fully saturated rings. The van der Waals surface area contributed by atoms with E-state index in [9.17, 15) is 15.2 Å². The quantitative estimate of drug-likeness (QED) is 0.0612. The van der Waals surface area contributed by atoms with Gasteiger partial charge in [-0.15, -0.1) is 22.7 Å². The molecule has 3 heterocycles. The maximum Gasteiger partial charge on any atom is 0.346 e. The fraction of sp³-hybridized carbons (Fsp3) is 0.400. The van der Waals surface area contributed by atoms with E-state index >= 15 is 0 Å². The minimum Gasteiger partial charge on any atom is -0.489 e. The van der Waals surface area contributed by atoms with E-state index in [1.54, 1.807) is 11.3 Å². The summed E-state index contributed by atoms with van der Waals surface area (Å²) in [5.74, 6) is 1.21. The molecule has 2 unspecified atom stereocenters. The fourth-order valence-corrected chi connectivity index (χ4v) is 10.7. The minimum atomic E-state index is -1.23. The summed E-state index contributed by atoms with van der Waals surface area (Å²) in [6.07, 6.45) is 12.8. The van der Waals surface area contributed by atoms with Crippen LogP contribution in [-0.4, -0.2) is 28.9 Å². The van der Waals surface area contributed by atoms with Crippen molar-refractivity contribution >= 4 is 87.5 Å². The van der Waals surface area contributed by atoms with Crippen molar-refractivity contribution in [3.63, 3.8) is 0 Å². The summed E-state index contributed by atoms with van der Waals surface area (Å²) >= 11 is 3.31. The molecule has 302 valence electrons. The van der Waals surface area contributed by atoms with Crippen molar-refractivity contribution in [3.05, 3.63) is 77.2 Å². The van der Waals surface area contributed by atoms with Crippen molar-refractivity contribution in [2.45, 2.75) is 105 Å². The van der Waals surface area contributed by atoms with Crippen LogP contribution in [0.5, 0.6) is 11.5 Å². The molecule has 0 aliphatic heterocycles. The number of nitrogens with zero attached hydrogens (tertiary/aromatic N) is 2. The Hall–Kier alpha value is -4.84. The molecule has 58 heavy (non-hydrogen) atoms.